The molecule has 5 heteroatoms. The predicted molar refractivity (Wildman–Crippen MR) is 58.8 cm³/mol. The molecule has 0 bridgehead atoms. The van der Waals surface area contributed by atoms with E-state index in [2.05, 4.69) is 0 Å². The molecular formula is C11H15NO4. The number of para-hydroxylation sites is 1. The topological polar surface area (TPSA) is 70.8 Å². The van der Waals surface area contributed by atoms with Crippen LogP contribution in [0.25, 0.3) is 0 Å². The number of carbonyl (C=O) groups is 1. The SMILES string of the molecule is COc1cccc(OC)c1OC(=O)C(C)N. The van der Waals surface area contributed by atoms with Crippen LogP contribution in [-0.2, 0) is 4.79 Å². The second-order valence-electron chi connectivity index (χ2n) is 3.20. The van der Waals surface area contributed by atoms with Gasteiger partial charge >= 0.3 is 5.97 Å². The first-order valence-electron chi connectivity index (χ1n) is 4.78. The Kier molecular flexibility index (Phi) is 4.13. The minimum atomic E-state index is -0.699. The molecule has 0 spiro atoms. The van der Waals surface area contributed by atoms with E-state index >= 15 is 0 Å². The average molecular weight is 225 g/mol. The van der Waals surface area contributed by atoms with Crippen molar-refractivity contribution in [2.45, 2.75) is 13.0 Å². The van der Waals surface area contributed by atoms with Crippen LogP contribution in [0.5, 0.6) is 17.2 Å². The lowest BCUT2D eigenvalue weighted by Gasteiger charge is -2.13. The minimum Gasteiger partial charge on any atom is -0.493 e. The summed E-state index contributed by atoms with van der Waals surface area (Å²) in [6.07, 6.45) is 0. The van der Waals surface area contributed by atoms with Crippen molar-refractivity contribution >= 4 is 5.97 Å². The third-order valence-electron chi connectivity index (χ3n) is 1.96. The van der Waals surface area contributed by atoms with Gasteiger partial charge in [0, 0.05) is 0 Å². The Morgan fingerprint density at radius 1 is 1.25 bits per heavy atom. The van der Waals surface area contributed by atoms with Gasteiger partial charge in [-0.1, -0.05) is 6.07 Å². The lowest BCUT2D eigenvalue weighted by molar-refractivity contribution is -0.135. The summed E-state index contributed by atoms with van der Waals surface area (Å²) in [6, 6.07) is 4.38. The van der Waals surface area contributed by atoms with Crippen molar-refractivity contribution in [1.29, 1.82) is 0 Å². The highest BCUT2D eigenvalue weighted by Crippen LogP contribution is 2.36. The number of hydrogen-bond acceptors (Lipinski definition) is 5. The van der Waals surface area contributed by atoms with Crippen LogP contribution in [0.2, 0.25) is 0 Å². The van der Waals surface area contributed by atoms with Gasteiger partial charge in [0.25, 0.3) is 0 Å². The van der Waals surface area contributed by atoms with Crippen molar-refractivity contribution in [3.63, 3.8) is 0 Å². The molecule has 1 aromatic carbocycles. The molecule has 0 saturated carbocycles. The number of methoxy groups -OCH3 is 2. The largest absolute Gasteiger partial charge is 0.493 e. The fraction of sp³-hybridized carbons (Fsp3) is 0.364. The van der Waals surface area contributed by atoms with E-state index in [1.807, 2.05) is 0 Å². The van der Waals surface area contributed by atoms with Crippen molar-refractivity contribution < 1.29 is 19.0 Å². The normalized spacial score (nSPS) is 11.8. The molecule has 0 aromatic heterocycles. The molecule has 2 N–H and O–H groups in total. The fourth-order valence-electron chi connectivity index (χ4n) is 1.11. The molecule has 5 nitrogen and oxygen atoms in total. The molecule has 0 saturated heterocycles. The predicted octanol–water partition coefficient (Wildman–Crippen LogP) is 0.956. The fourth-order valence-corrected chi connectivity index (χ4v) is 1.11. The van der Waals surface area contributed by atoms with Crippen molar-refractivity contribution in [3.05, 3.63) is 18.2 Å². The highest BCUT2D eigenvalue weighted by Gasteiger charge is 2.17. The zero-order chi connectivity index (χ0) is 12.1. The molecule has 1 unspecified atom stereocenters. The summed E-state index contributed by atoms with van der Waals surface area (Å²) in [7, 11) is 2.97. The highest BCUT2D eigenvalue weighted by atomic mass is 16.6. The number of hydrogen-bond donors (Lipinski definition) is 1. The van der Waals surface area contributed by atoms with E-state index in [0.717, 1.165) is 0 Å². The highest BCUT2D eigenvalue weighted by molar-refractivity contribution is 5.79. The van der Waals surface area contributed by atoms with E-state index in [4.69, 9.17) is 19.9 Å². The average Bonchev–Trinajstić information content (AvgIpc) is 2.29. The maximum Gasteiger partial charge on any atom is 0.328 e. The molecule has 0 fully saturated rings. The number of nitrogens with two attached hydrogens (primary N) is 1. The lowest BCUT2D eigenvalue weighted by atomic mass is 10.3. The molecule has 0 radical (unpaired) electrons. The first kappa shape index (κ1) is 12.3. The number of rotatable bonds is 4. The van der Waals surface area contributed by atoms with Crippen molar-refractivity contribution in [3.8, 4) is 17.2 Å². The molecule has 0 amide bonds. The summed E-state index contributed by atoms with van der Waals surface area (Å²) in [5, 5.41) is 0. The zero-order valence-corrected chi connectivity index (χ0v) is 9.52. The Balaban J connectivity index is 3.04. The second kappa shape index (κ2) is 5.37. The van der Waals surface area contributed by atoms with Crippen LogP contribution >= 0.6 is 0 Å². The summed E-state index contributed by atoms with van der Waals surface area (Å²) in [5.74, 6) is 0.555. The summed E-state index contributed by atoms with van der Waals surface area (Å²) in [5.41, 5.74) is 5.41. The molecule has 1 rings (SSSR count). The molecular weight excluding hydrogens is 210 g/mol. The van der Waals surface area contributed by atoms with Gasteiger partial charge in [-0.2, -0.15) is 0 Å². The van der Waals surface area contributed by atoms with Gasteiger partial charge < -0.3 is 19.9 Å². The number of esters is 1. The Morgan fingerprint density at radius 2 is 1.75 bits per heavy atom. The smallest absolute Gasteiger partial charge is 0.328 e. The van der Waals surface area contributed by atoms with Gasteiger partial charge in [0.15, 0.2) is 11.5 Å². The molecule has 1 atom stereocenters. The Hall–Kier alpha value is -1.75. The van der Waals surface area contributed by atoms with Crippen molar-refractivity contribution in [2.24, 2.45) is 5.73 Å². The first-order valence-corrected chi connectivity index (χ1v) is 4.78. The van der Waals surface area contributed by atoms with Gasteiger partial charge in [0.2, 0.25) is 5.75 Å². The van der Waals surface area contributed by atoms with Crippen LogP contribution < -0.4 is 19.9 Å². The van der Waals surface area contributed by atoms with Gasteiger partial charge in [-0.25, -0.2) is 4.79 Å². The van der Waals surface area contributed by atoms with E-state index in [-0.39, 0.29) is 5.75 Å². The maximum absolute atomic E-state index is 11.4. The minimum absolute atomic E-state index is 0.245. The van der Waals surface area contributed by atoms with E-state index in [0.29, 0.717) is 11.5 Å². The maximum atomic E-state index is 11.4. The van der Waals surface area contributed by atoms with Crippen LogP contribution in [0.15, 0.2) is 18.2 Å². The van der Waals surface area contributed by atoms with Gasteiger partial charge in [0.1, 0.15) is 6.04 Å². The molecule has 0 heterocycles. The van der Waals surface area contributed by atoms with Crippen molar-refractivity contribution in [2.75, 3.05) is 14.2 Å². The lowest BCUT2D eigenvalue weighted by Crippen LogP contribution is -2.31. The van der Waals surface area contributed by atoms with Gasteiger partial charge in [-0.3, -0.25) is 0 Å². The number of ether oxygens (including phenoxy) is 3. The summed E-state index contributed by atoms with van der Waals surface area (Å²) < 4.78 is 15.2. The monoisotopic (exact) mass is 225 g/mol. The standard InChI is InChI=1S/C11H15NO4/c1-7(12)11(13)16-10-8(14-2)5-4-6-9(10)15-3/h4-7H,12H2,1-3H3. The van der Waals surface area contributed by atoms with Crippen molar-refractivity contribution in [1.82, 2.24) is 0 Å². The molecule has 1 aromatic rings. The zero-order valence-electron chi connectivity index (χ0n) is 9.52. The number of benzene rings is 1. The van der Waals surface area contributed by atoms with E-state index in [1.165, 1.54) is 14.2 Å². The summed E-state index contributed by atoms with van der Waals surface area (Å²) in [6.45, 7) is 1.55. The second-order valence-corrected chi connectivity index (χ2v) is 3.20. The van der Waals surface area contributed by atoms with E-state index in [9.17, 15) is 4.79 Å². The van der Waals surface area contributed by atoms with Gasteiger partial charge in [-0.05, 0) is 19.1 Å². The molecule has 16 heavy (non-hydrogen) atoms. The van der Waals surface area contributed by atoms with Crippen LogP contribution in [-0.4, -0.2) is 26.2 Å². The van der Waals surface area contributed by atoms with Crippen LogP contribution in [0.3, 0.4) is 0 Å². The third-order valence-corrected chi connectivity index (χ3v) is 1.96. The first-order chi connectivity index (χ1) is 7.60. The molecule has 0 aliphatic rings. The van der Waals surface area contributed by atoms with Gasteiger partial charge in [-0.15, -0.1) is 0 Å². The molecule has 88 valence electrons. The summed E-state index contributed by atoms with van der Waals surface area (Å²) in [4.78, 5) is 11.4. The molecule has 0 aliphatic carbocycles. The van der Waals surface area contributed by atoms with Gasteiger partial charge in [0.05, 0.1) is 14.2 Å². The van der Waals surface area contributed by atoms with Crippen LogP contribution in [0.4, 0.5) is 0 Å². The Morgan fingerprint density at radius 3 is 2.12 bits per heavy atom. The van der Waals surface area contributed by atoms with E-state index in [1.54, 1.807) is 25.1 Å². The van der Waals surface area contributed by atoms with Crippen LogP contribution in [0.1, 0.15) is 6.92 Å². The van der Waals surface area contributed by atoms with Crippen LogP contribution in [0, 0.1) is 0 Å². The molecule has 0 aliphatic heterocycles. The quantitative estimate of drug-likeness (QED) is 0.610. The van der Waals surface area contributed by atoms with E-state index < -0.39 is 12.0 Å². The Labute approximate surface area is 94.1 Å². The number of carbonyl (C=O) groups excluding carboxylic acids is 1. The third kappa shape index (κ3) is 2.64. The summed E-state index contributed by atoms with van der Waals surface area (Å²) >= 11 is 0. The Bertz CT molecular complexity index is 354.